The van der Waals surface area contributed by atoms with E-state index in [1.165, 1.54) is 12.1 Å². The van der Waals surface area contributed by atoms with Gasteiger partial charge in [0.1, 0.15) is 0 Å². The molecular weight excluding hydrogens is 344 g/mol. The summed E-state index contributed by atoms with van der Waals surface area (Å²) < 4.78 is 30.2. The third-order valence-electron chi connectivity index (χ3n) is 4.25. The van der Waals surface area contributed by atoms with E-state index in [0.717, 1.165) is 25.5 Å². The lowest BCUT2D eigenvalue weighted by atomic mass is 9.97. The summed E-state index contributed by atoms with van der Waals surface area (Å²) in [5.41, 5.74) is 0.197. The summed E-state index contributed by atoms with van der Waals surface area (Å²) in [5, 5.41) is 0. The molecule has 1 N–H and O–H groups in total. The molecule has 2 rings (SSSR count). The molecule has 8 heteroatoms. The highest BCUT2D eigenvalue weighted by Crippen LogP contribution is 2.23. The second-order valence-corrected chi connectivity index (χ2v) is 8.17. The van der Waals surface area contributed by atoms with Crippen LogP contribution in [0.15, 0.2) is 24.3 Å². The van der Waals surface area contributed by atoms with Crippen molar-refractivity contribution in [3.05, 3.63) is 29.8 Å². The van der Waals surface area contributed by atoms with E-state index in [-0.39, 0.29) is 35.8 Å². The van der Waals surface area contributed by atoms with E-state index in [1.807, 2.05) is 13.8 Å². The summed E-state index contributed by atoms with van der Waals surface area (Å²) in [6.45, 7) is 3.61. The molecule has 2 atom stereocenters. The molecule has 1 aromatic rings. The average molecular weight is 368 g/mol. The number of rotatable bonds is 5. The Morgan fingerprint density at radius 2 is 1.80 bits per heavy atom. The van der Waals surface area contributed by atoms with Gasteiger partial charge in [0.05, 0.1) is 17.5 Å². The molecule has 1 amide bonds. The maximum Gasteiger partial charge on any atom is 0.340 e. The van der Waals surface area contributed by atoms with Crippen LogP contribution in [-0.2, 0) is 19.6 Å². The molecule has 0 radical (unpaired) electrons. The van der Waals surface area contributed by atoms with Crippen molar-refractivity contribution in [3.8, 4) is 0 Å². The standard InChI is InChI=1S/C17H24N2O5S/c1-12-7-6-8-13(2)19(12)16(20)11-24-17(21)14-9-4-5-10-15(14)18-25(3,22)23/h4-5,9-10,12-13,18H,6-8,11H2,1-3H3/t12-,13+. The van der Waals surface area contributed by atoms with Gasteiger partial charge in [0.2, 0.25) is 10.0 Å². The molecule has 0 saturated carbocycles. The monoisotopic (exact) mass is 368 g/mol. The first-order valence-corrected chi connectivity index (χ1v) is 10.1. The van der Waals surface area contributed by atoms with Crippen LogP contribution in [0.5, 0.6) is 0 Å². The molecular formula is C17H24N2O5S. The van der Waals surface area contributed by atoms with Crippen molar-refractivity contribution in [2.24, 2.45) is 0 Å². The van der Waals surface area contributed by atoms with Crippen LogP contribution in [0.3, 0.4) is 0 Å². The van der Waals surface area contributed by atoms with E-state index in [0.29, 0.717) is 0 Å². The number of sulfonamides is 1. The number of carbonyl (C=O) groups excluding carboxylic acids is 2. The molecule has 138 valence electrons. The topological polar surface area (TPSA) is 92.8 Å². The van der Waals surface area contributed by atoms with Crippen LogP contribution in [0, 0.1) is 0 Å². The van der Waals surface area contributed by atoms with Crippen LogP contribution < -0.4 is 4.72 Å². The Morgan fingerprint density at radius 1 is 1.20 bits per heavy atom. The van der Waals surface area contributed by atoms with Gasteiger partial charge in [-0.1, -0.05) is 12.1 Å². The zero-order valence-electron chi connectivity index (χ0n) is 14.7. The van der Waals surface area contributed by atoms with E-state index < -0.39 is 16.0 Å². The predicted octanol–water partition coefficient (Wildman–Crippen LogP) is 2.00. The fourth-order valence-electron chi connectivity index (χ4n) is 3.14. The van der Waals surface area contributed by atoms with Crippen molar-refractivity contribution in [3.63, 3.8) is 0 Å². The van der Waals surface area contributed by atoms with E-state index in [1.54, 1.807) is 17.0 Å². The number of carbonyl (C=O) groups is 2. The van der Waals surface area contributed by atoms with Crippen molar-refractivity contribution >= 4 is 27.6 Å². The van der Waals surface area contributed by atoms with Crippen LogP contribution in [0.1, 0.15) is 43.5 Å². The average Bonchev–Trinajstić information content (AvgIpc) is 2.51. The van der Waals surface area contributed by atoms with Crippen LogP contribution in [0.25, 0.3) is 0 Å². The number of ether oxygens (including phenoxy) is 1. The fraction of sp³-hybridized carbons (Fsp3) is 0.529. The second-order valence-electron chi connectivity index (χ2n) is 6.43. The van der Waals surface area contributed by atoms with E-state index >= 15 is 0 Å². The van der Waals surface area contributed by atoms with Gasteiger partial charge in [-0.2, -0.15) is 0 Å². The van der Waals surface area contributed by atoms with Crippen LogP contribution in [0.4, 0.5) is 5.69 Å². The number of piperidine rings is 1. The molecule has 25 heavy (non-hydrogen) atoms. The smallest absolute Gasteiger partial charge is 0.340 e. The third-order valence-corrected chi connectivity index (χ3v) is 4.84. The maximum absolute atomic E-state index is 12.4. The van der Waals surface area contributed by atoms with Gasteiger partial charge < -0.3 is 9.64 Å². The van der Waals surface area contributed by atoms with Gasteiger partial charge in [-0.05, 0) is 45.2 Å². The number of hydrogen-bond donors (Lipinski definition) is 1. The predicted molar refractivity (Wildman–Crippen MR) is 94.8 cm³/mol. The Kier molecular flexibility index (Phi) is 6.05. The molecule has 0 spiro atoms. The Balaban J connectivity index is 2.04. The number of likely N-dealkylation sites (tertiary alicyclic amines) is 1. The Morgan fingerprint density at radius 3 is 2.40 bits per heavy atom. The van der Waals surface area contributed by atoms with Crippen LogP contribution in [0.2, 0.25) is 0 Å². The van der Waals surface area contributed by atoms with Gasteiger partial charge in [0.25, 0.3) is 5.91 Å². The lowest BCUT2D eigenvalue weighted by Gasteiger charge is -2.38. The Bertz CT molecular complexity index is 737. The number of amides is 1. The van der Waals surface area contributed by atoms with Gasteiger partial charge in [-0.3, -0.25) is 9.52 Å². The first kappa shape index (κ1) is 19.2. The molecule has 1 fully saturated rings. The first-order chi connectivity index (χ1) is 11.7. The molecule has 1 aliphatic heterocycles. The number of nitrogens with zero attached hydrogens (tertiary/aromatic N) is 1. The summed E-state index contributed by atoms with van der Waals surface area (Å²) in [7, 11) is -3.53. The van der Waals surface area contributed by atoms with Crippen molar-refractivity contribution < 1.29 is 22.7 Å². The molecule has 1 heterocycles. The van der Waals surface area contributed by atoms with Gasteiger partial charge in [0, 0.05) is 12.1 Å². The number of esters is 1. The summed E-state index contributed by atoms with van der Waals surface area (Å²) in [5.74, 6) is -0.973. The molecule has 0 aromatic heterocycles. The Hall–Kier alpha value is -2.09. The largest absolute Gasteiger partial charge is 0.452 e. The molecule has 7 nitrogen and oxygen atoms in total. The van der Waals surface area contributed by atoms with E-state index in [4.69, 9.17) is 4.74 Å². The fourth-order valence-corrected chi connectivity index (χ4v) is 3.72. The summed E-state index contributed by atoms with van der Waals surface area (Å²) in [6, 6.07) is 6.36. The summed E-state index contributed by atoms with van der Waals surface area (Å²) >= 11 is 0. The maximum atomic E-state index is 12.4. The number of para-hydroxylation sites is 1. The van der Waals surface area contributed by atoms with Gasteiger partial charge in [-0.25, -0.2) is 13.2 Å². The van der Waals surface area contributed by atoms with Crippen molar-refractivity contribution in [2.75, 3.05) is 17.6 Å². The molecule has 0 bridgehead atoms. The quantitative estimate of drug-likeness (QED) is 0.803. The van der Waals surface area contributed by atoms with Crippen molar-refractivity contribution in [2.45, 2.75) is 45.2 Å². The lowest BCUT2D eigenvalue weighted by Crippen LogP contribution is -2.49. The van der Waals surface area contributed by atoms with Crippen molar-refractivity contribution in [1.29, 1.82) is 0 Å². The minimum Gasteiger partial charge on any atom is -0.452 e. The molecule has 0 aliphatic carbocycles. The van der Waals surface area contributed by atoms with Crippen LogP contribution >= 0.6 is 0 Å². The van der Waals surface area contributed by atoms with E-state index in [2.05, 4.69) is 4.72 Å². The first-order valence-electron chi connectivity index (χ1n) is 8.24. The highest BCUT2D eigenvalue weighted by molar-refractivity contribution is 7.92. The number of hydrogen-bond acceptors (Lipinski definition) is 5. The van der Waals surface area contributed by atoms with Gasteiger partial charge in [0.15, 0.2) is 6.61 Å². The van der Waals surface area contributed by atoms with E-state index in [9.17, 15) is 18.0 Å². The normalized spacial score (nSPS) is 20.8. The minimum absolute atomic E-state index is 0.0699. The summed E-state index contributed by atoms with van der Waals surface area (Å²) in [6.07, 6.45) is 3.95. The van der Waals surface area contributed by atoms with Gasteiger partial charge >= 0.3 is 5.97 Å². The lowest BCUT2D eigenvalue weighted by molar-refractivity contribution is -0.140. The molecule has 0 unspecified atom stereocenters. The third kappa shape index (κ3) is 5.19. The zero-order valence-corrected chi connectivity index (χ0v) is 15.5. The zero-order chi connectivity index (χ0) is 18.6. The molecule has 1 saturated heterocycles. The SMILES string of the molecule is C[C@@H]1CCC[C@H](C)N1C(=O)COC(=O)c1ccccc1NS(C)(=O)=O. The molecule has 1 aromatic carbocycles. The minimum atomic E-state index is -3.53. The highest BCUT2D eigenvalue weighted by atomic mass is 32.2. The summed E-state index contributed by atoms with van der Waals surface area (Å²) in [4.78, 5) is 26.4. The Labute approximate surface area is 148 Å². The molecule has 1 aliphatic rings. The van der Waals surface area contributed by atoms with Crippen molar-refractivity contribution in [1.82, 2.24) is 4.90 Å². The second kappa shape index (κ2) is 7.86. The number of nitrogens with one attached hydrogen (secondary N) is 1. The van der Waals surface area contributed by atoms with Gasteiger partial charge in [-0.15, -0.1) is 0 Å². The highest BCUT2D eigenvalue weighted by Gasteiger charge is 2.29. The number of anilines is 1. The number of benzene rings is 1. The van der Waals surface area contributed by atoms with Crippen LogP contribution in [-0.4, -0.2) is 50.1 Å².